The number of aliphatic hydroxyl groups excluding tert-OH is 1. The minimum Gasteiger partial charge on any atom is -0.496 e. The van der Waals surface area contributed by atoms with Crippen LogP contribution in [0.1, 0.15) is 77.1 Å². The Hall–Kier alpha value is -4.06. The molecule has 1 aliphatic carbocycles. The summed E-state index contributed by atoms with van der Waals surface area (Å²) in [4.78, 5) is 23.7. The van der Waals surface area contributed by atoms with Crippen LogP contribution in [-0.4, -0.2) is 68.5 Å². The number of aromatic nitrogens is 3. The average molecular weight is 631 g/mol. The van der Waals surface area contributed by atoms with Crippen molar-refractivity contribution in [1.82, 2.24) is 19.4 Å². The SMILES string of the molecule is COc1cc(C(O)C2CC2)cc(F)c1COc1cccc(C2CCN(Cc3nc4ccc(C(=O)O)cc4n3C[C@@H]3CCO3)CC2)n1. The Morgan fingerprint density at radius 2 is 1.89 bits per heavy atom. The molecule has 2 aromatic carbocycles. The van der Waals surface area contributed by atoms with Crippen LogP contribution in [0.4, 0.5) is 4.39 Å². The Morgan fingerprint density at radius 3 is 2.59 bits per heavy atom. The van der Waals surface area contributed by atoms with Crippen molar-refractivity contribution >= 4 is 17.0 Å². The number of benzene rings is 2. The molecule has 10 nitrogen and oxygen atoms in total. The number of carboxylic acid groups (broad SMARTS) is 1. The summed E-state index contributed by atoms with van der Waals surface area (Å²) in [7, 11) is 1.49. The van der Waals surface area contributed by atoms with E-state index >= 15 is 4.39 Å². The fourth-order valence-corrected chi connectivity index (χ4v) is 6.54. The maximum Gasteiger partial charge on any atom is 0.335 e. The van der Waals surface area contributed by atoms with E-state index in [4.69, 9.17) is 24.2 Å². The van der Waals surface area contributed by atoms with Gasteiger partial charge in [-0.1, -0.05) is 6.07 Å². The molecule has 11 heteroatoms. The fourth-order valence-electron chi connectivity index (χ4n) is 6.54. The van der Waals surface area contributed by atoms with E-state index < -0.39 is 17.9 Å². The summed E-state index contributed by atoms with van der Waals surface area (Å²) in [6.07, 6.45) is 4.15. The quantitative estimate of drug-likeness (QED) is 0.210. The molecule has 2 aliphatic heterocycles. The number of aromatic carboxylic acids is 1. The molecule has 2 aromatic heterocycles. The molecular formula is C35H39FN4O6. The second-order valence-corrected chi connectivity index (χ2v) is 12.6. The number of pyridine rings is 1. The summed E-state index contributed by atoms with van der Waals surface area (Å²) < 4.78 is 34.3. The topological polar surface area (TPSA) is 119 Å². The molecule has 3 aliphatic rings. The van der Waals surface area contributed by atoms with Gasteiger partial charge in [0.1, 0.15) is 24.0 Å². The number of rotatable bonds is 12. The molecule has 3 fully saturated rings. The van der Waals surface area contributed by atoms with Crippen molar-refractivity contribution in [3.05, 3.63) is 82.6 Å². The van der Waals surface area contributed by atoms with Crippen LogP contribution in [0, 0.1) is 11.7 Å². The van der Waals surface area contributed by atoms with E-state index in [0.29, 0.717) is 35.8 Å². The lowest BCUT2D eigenvalue weighted by Gasteiger charge is -2.32. The van der Waals surface area contributed by atoms with Gasteiger partial charge in [-0.15, -0.1) is 0 Å². The second-order valence-electron chi connectivity index (χ2n) is 12.6. The predicted molar refractivity (Wildman–Crippen MR) is 168 cm³/mol. The monoisotopic (exact) mass is 630 g/mol. The smallest absolute Gasteiger partial charge is 0.335 e. The molecule has 46 heavy (non-hydrogen) atoms. The number of ether oxygens (including phenoxy) is 3. The number of carbonyl (C=O) groups is 1. The highest BCUT2D eigenvalue weighted by molar-refractivity contribution is 5.92. The zero-order valence-corrected chi connectivity index (χ0v) is 25.9. The second kappa shape index (κ2) is 13.0. The van der Waals surface area contributed by atoms with Crippen molar-refractivity contribution in [3.63, 3.8) is 0 Å². The van der Waals surface area contributed by atoms with Gasteiger partial charge in [-0.05, 0) is 93.1 Å². The van der Waals surface area contributed by atoms with Crippen molar-refractivity contribution in [3.8, 4) is 11.6 Å². The van der Waals surface area contributed by atoms with E-state index in [1.807, 2.05) is 12.1 Å². The molecule has 7 rings (SSSR count). The number of hydrogen-bond donors (Lipinski definition) is 2. The minimum atomic E-state index is -0.952. The molecule has 2 atom stereocenters. The zero-order chi connectivity index (χ0) is 31.8. The van der Waals surface area contributed by atoms with E-state index in [1.165, 1.54) is 13.2 Å². The predicted octanol–water partition coefficient (Wildman–Crippen LogP) is 5.47. The van der Waals surface area contributed by atoms with Crippen LogP contribution in [0.15, 0.2) is 48.5 Å². The first-order valence-corrected chi connectivity index (χ1v) is 16.1. The number of hydrogen-bond acceptors (Lipinski definition) is 8. The van der Waals surface area contributed by atoms with Gasteiger partial charge in [0.15, 0.2) is 0 Å². The first-order chi connectivity index (χ1) is 22.4. The first-order valence-electron chi connectivity index (χ1n) is 16.1. The maximum atomic E-state index is 15.1. The lowest BCUT2D eigenvalue weighted by molar-refractivity contribution is -0.0592. The molecular weight excluding hydrogens is 591 g/mol. The molecule has 242 valence electrons. The number of carboxylic acids is 1. The highest BCUT2D eigenvalue weighted by atomic mass is 19.1. The van der Waals surface area contributed by atoms with Crippen molar-refractivity contribution in [1.29, 1.82) is 0 Å². The van der Waals surface area contributed by atoms with E-state index in [9.17, 15) is 15.0 Å². The summed E-state index contributed by atoms with van der Waals surface area (Å²) >= 11 is 0. The minimum absolute atomic E-state index is 0.0371. The number of methoxy groups -OCH3 is 1. The summed E-state index contributed by atoms with van der Waals surface area (Å²) in [6, 6.07) is 13.9. The Morgan fingerprint density at radius 1 is 1.09 bits per heavy atom. The summed E-state index contributed by atoms with van der Waals surface area (Å²) in [5.74, 6) is 0.729. The lowest BCUT2D eigenvalue weighted by Crippen LogP contribution is -2.35. The van der Waals surface area contributed by atoms with Gasteiger partial charge in [-0.2, -0.15) is 0 Å². The lowest BCUT2D eigenvalue weighted by atomic mass is 9.93. The van der Waals surface area contributed by atoms with Gasteiger partial charge in [0.25, 0.3) is 0 Å². The molecule has 0 radical (unpaired) electrons. The van der Waals surface area contributed by atoms with Gasteiger partial charge in [-0.25, -0.2) is 19.2 Å². The van der Waals surface area contributed by atoms with Gasteiger partial charge in [-0.3, -0.25) is 4.90 Å². The van der Waals surface area contributed by atoms with Crippen LogP contribution in [0.3, 0.4) is 0 Å². The van der Waals surface area contributed by atoms with Gasteiger partial charge >= 0.3 is 5.97 Å². The van der Waals surface area contributed by atoms with Crippen LogP contribution in [0.2, 0.25) is 0 Å². The normalized spacial score (nSPS) is 19.6. The van der Waals surface area contributed by atoms with E-state index in [-0.39, 0.29) is 30.1 Å². The molecule has 4 heterocycles. The molecule has 1 saturated carbocycles. The fraction of sp³-hybridized carbons (Fsp3) is 0.457. The zero-order valence-electron chi connectivity index (χ0n) is 25.9. The van der Waals surface area contributed by atoms with Crippen LogP contribution >= 0.6 is 0 Å². The average Bonchev–Trinajstić information content (AvgIpc) is 3.84. The van der Waals surface area contributed by atoms with Crippen molar-refractivity contribution < 1.29 is 33.6 Å². The number of likely N-dealkylation sites (tertiary alicyclic amines) is 1. The molecule has 2 saturated heterocycles. The summed E-state index contributed by atoms with van der Waals surface area (Å²) in [5, 5.41) is 20.0. The number of piperidine rings is 1. The molecule has 0 bridgehead atoms. The molecule has 4 aromatic rings. The number of fused-ring (bicyclic) bond motifs is 1. The summed E-state index contributed by atoms with van der Waals surface area (Å²) in [5.41, 5.74) is 3.64. The van der Waals surface area contributed by atoms with E-state index in [1.54, 1.807) is 30.3 Å². The third-order valence-corrected chi connectivity index (χ3v) is 9.54. The van der Waals surface area contributed by atoms with E-state index in [2.05, 4.69) is 9.47 Å². The van der Waals surface area contributed by atoms with Crippen LogP contribution < -0.4 is 9.47 Å². The van der Waals surface area contributed by atoms with Gasteiger partial charge in [0, 0.05) is 24.3 Å². The van der Waals surface area contributed by atoms with E-state index in [0.717, 1.165) is 74.4 Å². The third-order valence-electron chi connectivity index (χ3n) is 9.54. The van der Waals surface area contributed by atoms with Crippen LogP contribution in [0.5, 0.6) is 11.6 Å². The van der Waals surface area contributed by atoms with Crippen LogP contribution in [0.25, 0.3) is 11.0 Å². The maximum absolute atomic E-state index is 15.1. The van der Waals surface area contributed by atoms with Crippen LogP contribution in [-0.2, 0) is 24.4 Å². The van der Waals surface area contributed by atoms with Crippen molar-refractivity contribution in [2.45, 2.75) is 69.9 Å². The van der Waals surface area contributed by atoms with Gasteiger partial charge in [0.05, 0.1) is 54.6 Å². The number of imidazole rings is 1. The first kappa shape index (κ1) is 30.6. The Labute approximate surface area is 266 Å². The molecule has 1 unspecified atom stereocenters. The third kappa shape index (κ3) is 6.44. The Bertz CT molecular complexity index is 1730. The molecule has 2 N–H and O–H groups in total. The highest BCUT2D eigenvalue weighted by Gasteiger charge is 2.32. The molecule has 0 amide bonds. The standard InChI is InChI=1S/C35H39FN4O6/c1-44-31-17-24(34(41)22-5-6-22)15-27(36)26(31)20-46-33-4-2-3-28(38-33)21-9-12-39(13-10-21)19-32-37-29-8-7-23(35(42)43)16-30(29)40(32)18-25-11-14-45-25/h2-4,7-8,15-17,21-22,25,34,41H,5-6,9-14,18-20H2,1H3,(H,42,43)/t25-,34?/m0/s1. The Balaban J connectivity index is 0.994. The van der Waals surface area contributed by atoms with Crippen molar-refractivity contribution in [2.24, 2.45) is 5.92 Å². The van der Waals surface area contributed by atoms with Gasteiger partial charge < -0.3 is 29.0 Å². The highest BCUT2D eigenvalue weighted by Crippen LogP contribution is 2.42. The largest absolute Gasteiger partial charge is 0.496 e. The number of aliphatic hydroxyl groups is 1. The summed E-state index contributed by atoms with van der Waals surface area (Å²) in [6.45, 7) is 3.76. The Kier molecular flexibility index (Phi) is 8.63. The van der Waals surface area contributed by atoms with Gasteiger partial charge in [0.2, 0.25) is 5.88 Å². The van der Waals surface area contributed by atoms with Crippen molar-refractivity contribution in [2.75, 3.05) is 26.8 Å². The number of nitrogens with zero attached hydrogens (tertiary/aromatic N) is 4. The number of halogens is 1. The molecule has 0 spiro atoms.